The number of benzene rings is 9. The van der Waals surface area contributed by atoms with Crippen molar-refractivity contribution in [1.29, 1.82) is 0 Å². The Morgan fingerprint density at radius 1 is 0.296 bits per heavy atom. The Labute approximate surface area is 315 Å². The Morgan fingerprint density at radius 2 is 0.833 bits per heavy atom. The van der Waals surface area contributed by atoms with Crippen LogP contribution in [-0.4, -0.2) is 0 Å². The lowest BCUT2D eigenvalue weighted by molar-refractivity contribution is 0.818. The van der Waals surface area contributed by atoms with Crippen molar-refractivity contribution in [2.45, 2.75) is 5.41 Å². The molecule has 0 heterocycles. The van der Waals surface area contributed by atoms with Crippen LogP contribution in [0.25, 0.3) is 66.4 Å². The summed E-state index contributed by atoms with van der Waals surface area (Å²) in [5.74, 6) is 0. The van der Waals surface area contributed by atoms with Gasteiger partial charge in [0.2, 0.25) is 0 Å². The largest absolute Gasteiger partial charge is 0.310 e. The maximum atomic E-state index is 2.49. The third kappa shape index (κ3) is 3.88. The molecule has 0 saturated carbocycles. The molecule has 12 rings (SSSR count). The Kier molecular flexibility index (Phi) is 6.04. The first-order valence-corrected chi connectivity index (χ1v) is 18.8. The average molecular weight is 684 g/mol. The van der Waals surface area contributed by atoms with Gasteiger partial charge >= 0.3 is 0 Å². The highest BCUT2D eigenvalue weighted by atomic mass is 15.1. The van der Waals surface area contributed by atoms with Crippen LogP contribution in [0.15, 0.2) is 200 Å². The van der Waals surface area contributed by atoms with Crippen LogP contribution in [0.5, 0.6) is 0 Å². The topological polar surface area (TPSA) is 3.24 Å². The summed E-state index contributed by atoms with van der Waals surface area (Å²) in [5, 5.41) is 2.49. The van der Waals surface area contributed by atoms with Crippen molar-refractivity contribution in [3.05, 3.63) is 222 Å². The van der Waals surface area contributed by atoms with Gasteiger partial charge in [-0.25, -0.2) is 0 Å². The van der Waals surface area contributed by atoms with Crippen LogP contribution >= 0.6 is 0 Å². The molecule has 1 heteroatoms. The molecule has 0 amide bonds. The first-order valence-electron chi connectivity index (χ1n) is 18.8. The molecule has 54 heavy (non-hydrogen) atoms. The summed E-state index contributed by atoms with van der Waals surface area (Å²) in [7, 11) is 0. The Bertz CT molecular complexity index is 2950. The van der Waals surface area contributed by atoms with Gasteiger partial charge in [0.05, 0.1) is 11.1 Å². The number of nitrogens with zero attached hydrogens (tertiary/aromatic N) is 1. The Balaban J connectivity index is 0.996. The van der Waals surface area contributed by atoms with Crippen molar-refractivity contribution in [2.24, 2.45) is 0 Å². The molecule has 3 aliphatic carbocycles. The van der Waals surface area contributed by atoms with Gasteiger partial charge in [0.1, 0.15) is 0 Å². The molecule has 0 aliphatic heterocycles. The van der Waals surface area contributed by atoms with E-state index >= 15 is 0 Å². The summed E-state index contributed by atoms with van der Waals surface area (Å²) in [6, 6.07) is 74.1. The lowest BCUT2D eigenvalue weighted by atomic mass is 9.73. The minimum Gasteiger partial charge on any atom is -0.310 e. The fourth-order valence-electron chi connectivity index (χ4n) is 10.0. The van der Waals surface area contributed by atoms with Crippen LogP contribution in [0.1, 0.15) is 22.3 Å². The molecule has 1 nitrogen and oxygen atoms in total. The second-order valence-electron chi connectivity index (χ2n) is 14.8. The third-order valence-corrected chi connectivity index (χ3v) is 12.2. The Hall–Kier alpha value is -6.96. The lowest BCUT2D eigenvalue weighted by Crippen LogP contribution is -2.23. The van der Waals surface area contributed by atoms with Gasteiger partial charge in [-0.05, 0) is 126 Å². The quantitative estimate of drug-likeness (QED) is 0.175. The first kappa shape index (κ1) is 29.6. The van der Waals surface area contributed by atoms with E-state index < -0.39 is 0 Å². The van der Waals surface area contributed by atoms with E-state index in [-0.39, 0.29) is 5.41 Å². The predicted molar refractivity (Wildman–Crippen MR) is 225 cm³/mol. The van der Waals surface area contributed by atoms with E-state index in [2.05, 4.69) is 205 Å². The highest BCUT2D eigenvalue weighted by Gasteiger charge is 2.57. The molecule has 0 saturated heterocycles. The second kappa shape index (κ2) is 11.0. The normalized spacial score (nSPS) is 15.1. The zero-order valence-corrected chi connectivity index (χ0v) is 29.5. The maximum absolute atomic E-state index is 2.49. The maximum Gasteiger partial charge on any atom is 0.0737 e. The molecule has 1 unspecified atom stereocenters. The Morgan fingerprint density at radius 3 is 1.59 bits per heavy atom. The zero-order valence-electron chi connectivity index (χ0n) is 29.5. The van der Waals surface area contributed by atoms with Gasteiger partial charge in [0.15, 0.2) is 0 Å². The number of hydrogen-bond donors (Lipinski definition) is 0. The first-order chi connectivity index (χ1) is 26.8. The van der Waals surface area contributed by atoms with E-state index in [1.54, 1.807) is 0 Å². The van der Waals surface area contributed by atoms with Crippen molar-refractivity contribution >= 4 is 27.8 Å². The monoisotopic (exact) mass is 683 g/mol. The van der Waals surface area contributed by atoms with E-state index in [1.807, 2.05) is 0 Å². The molecule has 0 radical (unpaired) electrons. The van der Waals surface area contributed by atoms with Gasteiger partial charge in [-0.15, -0.1) is 0 Å². The molecule has 0 fully saturated rings. The van der Waals surface area contributed by atoms with E-state index in [1.165, 1.54) is 88.7 Å². The van der Waals surface area contributed by atoms with E-state index in [0.717, 1.165) is 17.1 Å². The highest BCUT2D eigenvalue weighted by Crippen LogP contribution is 2.70. The fourth-order valence-corrected chi connectivity index (χ4v) is 10.0. The SMILES string of the molecule is c1ccc(N(c2ccc(-c3ccc4c(c3)C35c6ccccc6-c6cccc(c63)-c3cccc-4c35)cc2)c2ccccc2-c2ccc3ccccc3c2)cc1. The van der Waals surface area contributed by atoms with Gasteiger partial charge in [-0.3, -0.25) is 0 Å². The number of para-hydroxylation sites is 2. The third-order valence-electron chi connectivity index (χ3n) is 12.2. The van der Waals surface area contributed by atoms with Crippen LogP contribution in [0, 0.1) is 0 Å². The molecule has 0 N–H and O–H groups in total. The van der Waals surface area contributed by atoms with Crippen LogP contribution in [0.2, 0.25) is 0 Å². The lowest BCUT2D eigenvalue weighted by Gasteiger charge is -2.28. The minimum atomic E-state index is -0.281. The van der Waals surface area contributed by atoms with Crippen molar-refractivity contribution in [3.63, 3.8) is 0 Å². The van der Waals surface area contributed by atoms with Gasteiger partial charge in [-0.1, -0.05) is 158 Å². The summed E-state index contributed by atoms with van der Waals surface area (Å²) >= 11 is 0. The van der Waals surface area contributed by atoms with Crippen LogP contribution in [-0.2, 0) is 5.41 Å². The standard InChI is InChI=1S/C53H33N/c1-2-14-39(15-3-1)54(50-23-9-7-16-41(50)38-25-24-34-12-4-5-13-36(34)32-38)40-29-26-35(27-30-40)37-28-31-43-45-19-11-21-47-46-20-10-18-44-42-17-6-8-22-48(42)53(51(44)46,52(45)47)49(43)33-37/h1-33H. The van der Waals surface area contributed by atoms with Crippen molar-refractivity contribution in [2.75, 3.05) is 4.90 Å². The molecule has 9 aromatic rings. The van der Waals surface area contributed by atoms with Crippen LogP contribution in [0.4, 0.5) is 17.1 Å². The summed E-state index contributed by atoms with van der Waals surface area (Å²) in [6.45, 7) is 0. The molecule has 1 atom stereocenters. The molecule has 0 aromatic heterocycles. The average Bonchev–Trinajstić information content (AvgIpc) is 3.84. The van der Waals surface area contributed by atoms with Gasteiger partial charge in [0.25, 0.3) is 0 Å². The molecule has 9 aromatic carbocycles. The van der Waals surface area contributed by atoms with E-state index in [4.69, 9.17) is 0 Å². The molecule has 250 valence electrons. The number of anilines is 3. The number of hydrogen-bond acceptors (Lipinski definition) is 1. The molecule has 1 spiro atoms. The molecule has 0 bridgehead atoms. The van der Waals surface area contributed by atoms with Gasteiger partial charge in [-0.2, -0.15) is 0 Å². The fraction of sp³-hybridized carbons (Fsp3) is 0.0189. The van der Waals surface area contributed by atoms with Crippen LogP contribution in [0.3, 0.4) is 0 Å². The van der Waals surface area contributed by atoms with Gasteiger partial charge < -0.3 is 4.90 Å². The zero-order chi connectivity index (χ0) is 35.4. The smallest absolute Gasteiger partial charge is 0.0737 e. The van der Waals surface area contributed by atoms with Crippen molar-refractivity contribution in [3.8, 4) is 55.6 Å². The number of fused-ring (bicyclic) bond motifs is 6. The number of rotatable bonds is 5. The summed E-state index contributed by atoms with van der Waals surface area (Å²) in [5.41, 5.74) is 21.9. The molecule has 3 aliphatic rings. The molecular formula is C53H33N. The van der Waals surface area contributed by atoms with Crippen molar-refractivity contribution < 1.29 is 0 Å². The van der Waals surface area contributed by atoms with E-state index in [0.29, 0.717) is 0 Å². The highest BCUT2D eigenvalue weighted by molar-refractivity contribution is 6.06. The van der Waals surface area contributed by atoms with Crippen molar-refractivity contribution in [1.82, 2.24) is 0 Å². The van der Waals surface area contributed by atoms with Gasteiger partial charge in [0, 0.05) is 16.9 Å². The second-order valence-corrected chi connectivity index (χ2v) is 14.8. The summed E-state index contributed by atoms with van der Waals surface area (Å²) in [6.07, 6.45) is 0. The summed E-state index contributed by atoms with van der Waals surface area (Å²) in [4.78, 5) is 2.39. The van der Waals surface area contributed by atoms with Crippen LogP contribution < -0.4 is 4.90 Å². The van der Waals surface area contributed by atoms with E-state index in [9.17, 15) is 0 Å². The molecular weight excluding hydrogens is 651 g/mol. The minimum absolute atomic E-state index is 0.281. The predicted octanol–water partition coefficient (Wildman–Crippen LogP) is 14.0. The summed E-state index contributed by atoms with van der Waals surface area (Å²) < 4.78 is 0.